The van der Waals surface area contributed by atoms with Gasteiger partial charge in [-0.2, -0.15) is 14.7 Å². The molecule has 0 saturated carbocycles. The van der Waals surface area contributed by atoms with E-state index in [9.17, 15) is 0 Å². The number of fused-ring (bicyclic) bond motifs is 1. The fourth-order valence-corrected chi connectivity index (χ4v) is 2.53. The van der Waals surface area contributed by atoms with Crippen molar-refractivity contribution in [3.05, 3.63) is 54.4 Å². The van der Waals surface area contributed by atoms with Crippen LogP contribution in [0.2, 0.25) is 0 Å². The Morgan fingerprint density at radius 2 is 2.04 bits per heavy atom. The molecule has 1 aromatic carbocycles. The number of aromatic nitrogens is 7. The quantitative estimate of drug-likeness (QED) is 0.599. The highest BCUT2D eigenvalue weighted by Gasteiger charge is 2.15. The van der Waals surface area contributed by atoms with Gasteiger partial charge >= 0.3 is 0 Å². The molecule has 1 unspecified atom stereocenters. The lowest BCUT2D eigenvalue weighted by Gasteiger charge is -2.13. The molecule has 120 valence electrons. The number of anilines is 1. The fourth-order valence-electron chi connectivity index (χ4n) is 2.53. The molecule has 0 radical (unpaired) electrons. The van der Waals surface area contributed by atoms with Gasteiger partial charge in [-0.3, -0.25) is 5.10 Å². The highest BCUT2D eigenvalue weighted by Crippen LogP contribution is 2.25. The number of aromatic amines is 1. The summed E-state index contributed by atoms with van der Waals surface area (Å²) in [4.78, 5) is 4.37. The third kappa shape index (κ3) is 2.58. The smallest absolute Gasteiger partial charge is 0.200 e. The van der Waals surface area contributed by atoms with Gasteiger partial charge < -0.3 is 5.32 Å². The minimum atomic E-state index is -0.0820. The fraction of sp³-hybridized carbons (Fsp3) is 0.188. The van der Waals surface area contributed by atoms with Gasteiger partial charge in [-0.15, -0.1) is 10.2 Å². The Kier molecular flexibility index (Phi) is 3.42. The van der Waals surface area contributed by atoms with Crippen LogP contribution in [-0.4, -0.2) is 35.0 Å². The number of hydrogen-bond acceptors (Lipinski definition) is 6. The molecule has 4 rings (SSSR count). The summed E-state index contributed by atoms with van der Waals surface area (Å²) in [5.41, 5.74) is 3.35. The minimum Gasteiger partial charge on any atom is -0.372 e. The lowest BCUT2D eigenvalue weighted by molar-refractivity contribution is 0.793. The van der Waals surface area contributed by atoms with E-state index in [1.54, 1.807) is 10.8 Å². The van der Waals surface area contributed by atoms with Gasteiger partial charge in [0.25, 0.3) is 0 Å². The van der Waals surface area contributed by atoms with Crippen LogP contribution in [0.3, 0.4) is 0 Å². The van der Waals surface area contributed by atoms with Gasteiger partial charge in [0, 0.05) is 5.56 Å². The Morgan fingerprint density at radius 3 is 2.79 bits per heavy atom. The second-order valence-electron chi connectivity index (χ2n) is 5.55. The monoisotopic (exact) mass is 320 g/mol. The van der Waals surface area contributed by atoms with Gasteiger partial charge in [-0.05, 0) is 19.9 Å². The molecule has 0 bridgehead atoms. The van der Waals surface area contributed by atoms with Crippen LogP contribution in [0.15, 0.2) is 42.7 Å². The van der Waals surface area contributed by atoms with Crippen LogP contribution in [-0.2, 0) is 0 Å². The second kappa shape index (κ2) is 5.73. The van der Waals surface area contributed by atoms with E-state index in [2.05, 4.69) is 35.8 Å². The normalized spacial score (nSPS) is 12.4. The van der Waals surface area contributed by atoms with Crippen molar-refractivity contribution in [2.24, 2.45) is 0 Å². The molecule has 3 aromatic heterocycles. The van der Waals surface area contributed by atoms with Gasteiger partial charge in [-0.25, -0.2) is 4.98 Å². The number of H-pyrrole nitrogens is 1. The predicted molar refractivity (Wildman–Crippen MR) is 89.4 cm³/mol. The van der Waals surface area contributed by atoms with Crippen molar-refractivity contribution in [1.29, 1.82) is 0 Å². The molecule has 2 N–H and O–H groups in total. The van der Waals surface area contributed by atoms with E-state index < -0.39 is 0 Å². The summed E-state index contributed by atoms with van der Waals surface area (Å²) in [6, 6.07) is 11.9. The number of rotatable bonds is 4. The zero-order chi connectivity index (χ0) is 16.5. The lowest BCUT2D eigenvalue weighted by Crippen LogP contribution is -2.10. The van der Waals surface area contributed by atoms with E-state index in [1.807, 2.05) is 50.2 Å². The van der Waals surface area contributed by atoms with Crippen LogP contribution in [0.5, 0.6) is 0 Å². The van der Waals surface area contributed by atoms with Crippen molar-refractivity contribution >= 4 is 11.3 Å². The first kappa shape index (κ1) is 14.3. The molecule has 8 heteroatoms. The number of benzene rings is 1. The molecule has 0 saturated heterocycles. The van der Waals surface area contributed by atoms with Crippen molar-refractivity contribution in [2.45, 2.75) is 19.9 Å². The number of aryl methyl sites for hydroxylation is 1. The Hall–Kier alpha value is -3.29. The van der Waals surface area contributed by atoms with Crippen LogP contribution in [0.25, 0.3) is 16.9 Å². The van der Waals surface area contributed by atoms with Crippen LogP contribution in [0, 0.1) is 6.92 Å². The van der Waals surface area contributed by atoms with E-state index in [-0.39, 0.29) is 6.04 Å². The first-order valence-electron chi connectivity index (χ1n) is 7.62. The van der Waals surface area contributed by atoms with Gasteiger partial charge in [0.2, 0.25) is 5.65 Å². The maximum atomic E-state index is 4.56. The molecule has 0 spiro atoms. The molecule has 3 heterocycles. The van der Waals surface area contributed by atoms with Crippen molar-refractivity contribution in [3.8, 4) is 11.3 Å². The molecule has 8 nitrogen and oxygen atoms in total. The molecule has 24 heavy (non-hydrogen) atoms. The van der Waals surface area contributed by atoms with E-state index in [4.69, 9.17) is 0 Å². The van der Waals surface area contributed by atoms with Crippen molar-refractivity contribution in [1.82, 2.24) is 35.0 Å². The van der Waals surface area contributed by atoms with Gasteiger partial charge in [0.15, 0.2) is 5.82 Å². The second-order valence-corrected chi connectivity index (χ2v) is 5.55. The summed E-state index contributed by atoms with van der Waals surface area (Å²) < 4.78 is 1.67. The summed E-state index contributed by atoms with van der Waals surface area (Å²) in [5, 5.41) is 23.1. The van der Waals surface area contributed by atoms with Gasteiger partial charge in [0.1, 0.15) is 12.2 Å². The van der Waals surface area contributed by atoms with E-state index in [0.717, 1.165) is 22.8 Å². The lowest BCUT2D eigenvalue weighted by atomic mass is 10.1. The van der Waals surface area contributed by atoms with E-state index in [0.29, 0.717) is 11.5 Å². The molecule has 0 amide bonds. The van der Waals surface area contributed by atoms with E-state index in [1.165, 1.54) is 0 Å². The molecule has 0 fully saturated rings. The predicted octanol–water partition coefficient (Wildman–Crippen LogP) is 2.39. The Morgan fingerprint density at radius 1 is 1.21 bits per heavy atom. The molecule has 0 aliphatic heterocycles. The Labute approximate surface area is 138 Å². The average molecular weight is 320 g/mol. The van der Waals surface area contributed by atoms with Crippen molar-refractivity contribution in [2.75, 3.05) is 5.32 Å². The molecular weight excluding hydrogens is 304 g/mol. The summed E-state index contributed by atoms with van der Waals surface area (Å²) in [6.45, 7) is 3.87. The maximum Gasteiger partial charge on any atom is 0.200 e. The topological polar surface area (TPSA) is 96.7 Å². The maximum absolute atomic E-state index is 4.56. The Bertz CT molecular complexity index is 972. The average Bonchev–Trinajstić information content (AvgIpc) is 3.24. The minimum absolute atomic E-state index is 0.0820. The number of nitrogens with one attached hydrogen (secondary N) is 2. The van der Waals surface area contributed by atoms with Gasteiger partial charge in [0.05, 0.1) is 17.4 Å². The standard InChI is InChI=1S/C16H16N8/c1-10(15-19-11(2)20-21-15)18-14-8-13(12-6-4-3-5-7-12)23-24-9-17-22-16(14)24/h3-10,18H,1-2H3,(H,19,20,21). The summed E-state index contributed by atoms with van der Waals surface area (Å²) in [7, 11) is 0. The molecule has 4 aromatic rings. The SMILES string of the molecule is Cc1nc(C(C)Nc2cc(-c3ccccc3)nn3cnnc23)n[nH]1. The third-order valence-corrected chi connectivity index (χ3v) is 3.71. The largest absolute Gasteiger partial charge is 0.372 e. The molecule has 0 aliphatic rings. The molecule has 0 aliphatic carbocycles. The van der Waals surface area contributed by atoms with Crippen LogP contribution >= 0.6 is 0 Å². The first-order valence-corrected chi connectivity index (χ1v) is 7.62. The van der Waals surface area contributed by atoms with E-state index >= 15 is 0 Å². The summed E-state index contributed by atoms with van der Waals surface area (Å²) >= 11 is 0. The van der Waals surface area contributed by atoms with Crippen LogP contribution < -0.4 is 5.32 Å². The van der Waals surface area contributed by atoms with Crippen LogP contribution in [0.4, 0.5) is 5.69 Å². The first-order chi connectivity index (χ1) is 11.7. The number of hydrogen-bond donors (Lipinski definition) is 2. The molecule has 1 atom stereocenters. The van der Waals surface area contributed by atoms with Crippen molar-refractivity contribution in [3.63, 3.8) is 0 Å². The zero-order valence-corrected chi connectivity index (χ0v) is 13.3. The van der Waals surface area contributed by atoms with Crippen LogP contribution in [0.1, 0.15) is 24.6 Å². The highest BCUT2D eigenvalue weighted by atomic mass is 15.4. The Balaban J connectivity index is 1.75. The highest BCUT2D eigenvalue weighted by molar-refractivity contribution is 5.73. The summed E-state index contributed by atoms with van der Waals surface area (Å²) in [6.07, 6.45) is 1.59. The van der Waals surface area contributed by atoms with Gasteiger partial charge in [-0.1, -0.05) is 30.3 Å². The number of nitrogens with zero attached hydrogens (tertiary/aromatic N) is 6. The zero-order valence-electron chi connectivity index (χ0n) is 13.3. The van der Waals surface area contributed by atoms with Crippen molar-refractivity contribution < 1.29 is 0 Å². The molecular formula is C16H16N8. The summed E-state index contributed by atoms with van der Waals surface area (Å²) in [5.74, 6) is 1.48. The third-order valence-electron chi connectivity index (χ3n) is 3.71.